The number of carbonyl (C=O) groups excluding carboxylic acids is 3. The van der Waals surface area contributed by atoms with E-state index in [1.54, 1.807) is 18.2 Å². The van der Waals surface area contributed by atoms with Crippen LogP contribution in [0.2, 0.25) is 0 Å². The van der Waals surface area contributed by atoms with Crippen molar-refractivity contribution in [3.05, 3.63) is 42.5 Å². The van der Waals surface area contributed by atoms with E-state index in [-0.39, 0.29) is 36.5 Å². The molecular formula is C27H35N5O8S. The van der Waals surface area contributed by atoms with Crippen LogP contribution in [0.25, 0.3) is 10.8 Å². The molecule has 2 fully saturated rings. The Morgan fingerprint density at radius 2 is 1.80 bits per heavy atom. The molecule has 1 aliphatic heterocycles. The van der Waals surface area contributed by atoms with Crippen LogP contribution in [-0.4, -0.2) is 92.5 Å². The minimum absolute atomic E-state index is 0.0690. The molecule has 1 saturated heterocycles. The van der Waals surface area contributed by atoms with Crippen molar-refractivity contribution in [1.29, 1.82) is 0 Å². The van der Waals surface area contributed by atoms with Gasteiger partial charge in [-0.25, -0.2) is 18.7 Å². The number of likely N-dealkylation sites (tertiary alicyclic amines) is 1. The Balaban J connectivity index is 1.51. The summed E-state index contributed by atoms with van der Waals surface area (Å²) in [7, 11) is -2.99. The number of amides is 4. The highest BCUT2D eigenvalue weighted by molar-refractivity contribution is 7.89. The lowest BCUT2D eigenvalue weighted by molar-refractivity contribution is -0.142. The molecular weight excluding hydrogens is 554 g/mol. The van der Waals surface area contributed by atoms with Gasteiger partial charge in [-0.1, -0.05) is 30.3 Å². The monoisotopic (exact) mass is 589 g/mol. The maximum Gasteiger partial charge on any atom is 0.407 e. The fraction of sp³-hybridized carbons (Fsp3) is 0.481. The Bertz CT molecular complexity index is 1400. The van der Waals surface area contributed by atoms with E-state index in [9.17, 15) is 32.7 Å². The van der Waals surface area contributed by atoms with Crippen molar-refractivity contribution in [2.24, 2.45) is 5.92 Å². The summed E-state index contributed by atoms with van der Waals surface area (Å²) in [5.74, 6) is -1.97. The van der Waals surface area contributed by atoms with Gasteiger partial charge in [-0.3, -0.25) is 19.2 Å². The first kappa shape index (κ1) is 30.2. The zero-order valence-electron chi connectivity index (χ0n) is 22.7. The highest BCUT2D eigenvalue weighted by Crippen LogP contribution is 2.28. The van der Waals surface area contributed by atoms with Crippen LogP contribution >= 0.6 is 0 Å². The molecule has 1 aliphatic carbocycles. The van der Waals surface area contributed by atoms with Crippen molar-refractivity contribution in [3.63, 3.8) is 0 Å². The normalized spacial score (nSPS) is 18.0. The third-order valence-electron chi connectivity index (χ3n) is 7.19. The van der Waals surface area contributed by atoms with Crippen LogP contribution in [0.3, 0.4) is 0 Å². The van der Waals surface area contributed by atoms with Crippen molar-refractivity contribution in [2.45, 2.75) is 49.1 Å². The topological polar surface area (TPSA) is 174 Å². The predicted molar refractivity (Wildman–Crippen MR) is 148 cm³/mol. The molecule has 0 aromatic heterocycles. The van der Waals surface area contributed by atoms with Gasteiger partial charge in [-0.05, 0) is 54.5 Å². The summed E-state index contributed by atoms with van der Waals surface area (Å²) < 4.78 is 29.3. The molecule has 13 nitrogen and oxygen atoms in total. The number of fused-ring (bicyclic) bond motifs is 1. The Morgan fingerprint density at radius 3 is 2.49 bits per heavy atom. The van der Waals surface area contributed by atoms with E-state index in [1.807, 2.05) is 12.1 Å². The first-order valence-corrected chi connectivity index (χ1v) is 14.9. The average Bonchev–Trinajstić information content (AvgIpc) is 3.79. The largest absolute Gasteiger partial charge is 0.465 e. The van der Waals surface area contributed by atoms with Gasteiger partial charge in [0.05, 0.1) is 18.4 Å². The van der Waals surface area contributed by atoms with Gasteiger partial charge in [0.2, 0.25) is 21.8 Å². The maximum atomic E-state index is 13.7. The quantitative estimate of drug-likeness (QED) is 0.266. The number of carboxylic acid groups (broad SMARTS) is 1. The van der Waals surface area contributed by atoms with Crippen molar-refractivity contribution in [1.82, 2.24) is 25.3 Å². The van der Waals surface area contributed by atoms with E-state index in [0.717, 1.165) is 11.8 Å². The lowest BCUT2D eigenvalue weighted by Crippen LogP contribution is -2.53. The molecule has 4 rings (SSSR count). The average molecular weight is 590 g/mol. The number of hydroxylamine groups is 1. The minimum Gasteiger partial charge on any atom is -0.465 e. The van der Waals surface area contributed by atoms with Gasteiger partial charge in [-0.15, -0.1) is 0 Å². The number of sulfonamides is 1. The van der Waals surface area contributed by atoms with Gasteiger partial charge in [0.25, 0.3) is 5.91 Å². The lowest BCUT2D eigenvalue weighted by atomic mass is 9.98. The Morgan fingerprint density at radius 1 is 1.07 bits per heavy atom. The number of hydrogen-bond acceptors (Lipinski definition) is 7. The van der Waals surface area contributed by atoms with E-state index >= 15 is 0 Å². The predicted octanol–water partition coefficient (Wildman–Crippen LogP) is 1.05. The van der Waals surface area contributed by atoms with Gasteiger partial charge >= 0.3 is 6.09 Å². The molecule has 0 spiro atoms. The molecule has 2 aliphatic rings. The Labute approximate surface area is 238 Å². The molecule has 14 heteroatoms. The molecule has 2 aromatic rings. The van der Waals surface area contributed by atoms with Crippen LogP contribution in [0.1, 0.15) is 32.1 Å². The lowest BCUT2D eigenvalue weighted by Gasteiger charge is -2.31. The van der Waals surface area contributed by atoms with E-state index in [1.165, 1.54) is 29.0 Å². The fourth-order valence-corrected chi connectivity index (χ4v) is 6.19. The summed E-state index contributed by atoms with van der Waals surface area (Å²) in [4.78, 5) is 57.3. The fourth-order valence-electron chi connectivity index (χ4n) is 4.96. The molecule has 4 amide bonds. The molecule has 2 aromatic carbocycles. The first-order chi connectivity index (χ1) is 19.6. The summed E-state index contributed by atoms with van der Waals surface area (Å²) >= 11 is 0. The highest BCUT2D eigenvalue weighted by Gasteiger charge is 2.39. The number of hydrogen-bond donors (Lipinski definition) is 4. The third-order valence-corrected chi connectivity index (χ3v) is 8.66. The van der Waals surface area contributed by atoms with Gasteiger partial charge in [0.1, 0.15) is 12.6 Å². The van der Waals surface area contributed by atoms with Crippen LogP contribution in [-0.2, 0) is 29.2 Å². The summed E-state index contributed by atoms with van der Waals surface area (Å²) in [5, 5.41) is 13.5. The molecule has 222 valence electrons. The van der Waals surface area contributed by atoms with Crippen LogP contribution in [0.5, 0.6) is 0 Å². The zero-order chi connectivity index (χ0) is 29.6. The number of nitrogens with one attached hydrogen (secondary N) is 3. The Kier molecular flexibility index (Phi) is 9.78. The number of rotatable bonds is 12. The van der Waals surface area contributed by atoms with Gasteiger partial charge in [0.15, 0.2) is 0 Å². The third kappa shape index (κ3) is 8.15. The van der Waals surface area contributed by atoms with Crippen molar-refractivity contribution in [2.75, 3.05) is 33.3 Å². The number of carbonyl (C=O) groups is 4. The SMILES string of the molecule is CONC(=O)CN(C(=O)C(CC(=O)NCC1CCCN(C(=O)O)C1)NS(=O)(=O)c1ccc2ccccc2c1)C1CC1. The summed E-state index contributed by atoms with van der Waals surface area (Å²) in [5.41, 5.74) is 2.16. The first-order valence-electron chi connectivity index (χ1n) is 13.5. The van der Waals surface area contributed by atoms with Gasteiger partial charge in [0, 0.05) is 25.7 Å². The van der Waals surface area contributed by atoms with Gasteiger partial charge < -0.3 is 20.2 Å². The standard InChI is InChI=1S/C27H35N5O8S/c1-40-29-25(34)17-32(21-9-10-21)26(35)23(14-24(33)28-15-18-5-4-12-31(16-18)27(36)37)30-41(38,39)22-11-8-19-6-2-3-7-20(19)13-22/h2-3,6-8,11,13,18,21,23,30H,4-5,9-10,12,14-17H2,1H3,(H,28,33)(H,29,34)(H,36,37). The molecule has 4 N–H and O–H groups in total. The molecule has 0 radical (unpaired) electrons. The second-order valence-corrected chi connectivity index (χ2v) is 12.1. The van der Waals surface area contributed by atoms with Crippen LogP contribution in [0.15, 0.2) is 47.4 Å². The van der Waals surface area contributed by atoms with Crippen molar-refractivity contribution < 1.29 is 37.5 Å². The van der Waals surface area contributed by atoms with Crippen molar-refractivity contribution in [3.8, 4) is 0 Å². The highest BCUT2D eigenvalue weighted by atomic mass is 32.2. The number of benzene rings is 2. The molecule has 0 bridgehead atoms. The van der Waals surface area contributed by atoms with Crippen LogP contribution < -0.4 is 15.5 Å². The smallest absolute Gasteiger partial charge is 0.407 e. The zero-order valence-corrected chi connectivity index (χ0v) is 23.6. The molecule has 2 unspecified atom stereocenters. The summed E-state index contributed by atoms with van der Waals surface area (Å²) in [6.07, 6.45) is 1.15. The number of nitrogens with zero attached hydrogens (tertiary/aromatic N) is 2. The van der Waals surface area contributed by atoms with E-state index in [2.05, 4.69) is 20.4 Å². The number of piperidine rings is 1. The molecule has 1 heterocycles. The molecule has 41 heavy (non-hydrogen) atoms. The van der Waals surface area contributed by atoms with Crippen LogP contribution in [0, 0.1) is 5.92 Å². The van der Waals surface area contributed by atoms with E-state index in [4.69, 9.17) is 0 Å². The Hall–Kier alpha value is -3.75. The minimum atomic E-state index is -4.25. The summed E-state index contributed by atoms with van der Waals surface area (Å²) in [6, 6.07) is 10.1. The second kappa shape index (κ2) is 13.3. The van der Waals surface area contributed by atoms with E-state index < -0.39 is 46.3 Å². The van der Waals surface area contributed by atoms with E-state index in [0.29, 0.717) is 31.2 Å². The molecule has 2 atom stereocenters. The second-order valence-electron chi connectivity index (χ2n) is 10.4. The summed E-state index contributed by atoms with van der Waals surface area (Å²) in [6.45, 7) is 0.529. The van der Waals surface area contributed by atoms with Gasteiger partial charge in [-0.2, -0.15) is 4.72 Å². The maximum absolute atomic E-state index is 13.7. The molecule has 1 saturated carbocycles. The van der Waals surface area contributed by atoms with Crippen LogP contribution in [0.4, 0.5) is 4.79 Å². The van der Waals surface area contributed by atoms with Crippen molar-refractivity contribution >= 4 is 44.6 Å².